The van der Waals surface area contributed by atoms with Crippen molar-refractivity contribution in [1.82, 2.24) is 13.7 Å². The van der Waals surface area contributed by atoms with Crippen molar-refractivity contribution >= 4 is 22.6 Å². The summed E-state index contributed by atoms with van der Waals surface area (Å²) in [7, 11) is 3.12. The molecule has 0 unspecified atom stereocenters. The van der Waals surface area contributed by atoms with E-state index in [2.05, 4.69) is 13.0 Å². The first-order chi connectivity index (χ1) is 14.0. The second-order valence-corrected chi connectivity index (χ2v) is 7.67. The third-order valence-corrected chi connectivity index (χ3v) is 5.80. The average Bonchev–Trinajstić information content (AvgIpc) is 3.13. The van der Waals surface area contributed by atoms with Crippen LogP contribution in [0.5, 0.6) is 0 Å². The Morgan fingerprint density at radius 1 is 1.10 bits per heavy atom. The minimum absolute atomic E-state index is 0.126. The molecule has 3 aromatic rings. The van der Waals surface area contributed by atoms with E-state index >= 15 is 0 Å². The Hall–Kier alpha value is -3.09. The van der Waals surface area contributed by atoms with Crippen LogP contribution in [-0.4, -0.2) is 26.2 Å². The lowest BCUT2D eigenvalue weighted by Gasteiger charge is -2.29. The first-order valence-corrected chi connectivity index (χ1v) is 10.1. The third kappa shape index (κ3) is 3.01. The Bertz CT molecular complexity index is 1220. The molecule has 0 radical (unpaired) electrons. The van der Waals surface area contributed by atoms with E-state index in [-0.39, 0.29) is 17.2 Å². The average molecular weight is 394 g/mol. The molecule has 152 valence electrons. The summed E-state index contributed by atoms with van der Waals surface area (Å²) in [6, 6.07) is 9.62. The maximum atomic E-state index is 13.6. The lowest BCUT2D eigenvalue weighted by molar-refractivity contribution is 0.0976. The van der Waals surface area contributed by atoms with Gasteiger partial charge >= 0.3 is 5.69 Å². The highest BCUT2D eigenvalue weighted by Gasteiger charge is 2.28. The summed E-state index contributed by atoms with van der Waals surface area (Å²) >= 11 is 0. The van der Waals surface area contributed by atoms with Gasteiger partial charge in [0.1, 0.15) is 11.3 Å². The number of benzene rings is 1. The molecule has 1 aromatic carbocycles. The zero-order valence-corrected chi connectivity index (χ0v) is 17.1. The number of amides is 1. The fraction of sp³-hybridized carbons (Fsp3) is 0.409. The molecule has 1 amide bonds. The maximum absolute atomic E-state index is 13.6. The molecule has 4 rings (SSSR count). The smallest absolute Gasteiger partial charge is 0.322 e. The number of carbonyl (C=O) groups is 1. The molecule has 29 heavy (non-hydrogen) atoms. The number of nitrogens with zero attached hydrogens (tertiary/aromatic N) is 4. The van der Waals surface area contributed by atoms with E-state index in [1.807, 2.05) is 22.8 Å². The van der Waals surface area contributed by atoms with Gasteiger partial charge in [-0.1, -0.05) is 31.5 Å². The lowest BCUT2D eigenvalue weighted by Crippen LogP contribution is -2.38. The van der Waals surface area contributed by atoms with Crippen molar-refractivity contribution in [3.63, 3.8) is 0 Å². The Balaban J connectivity index is 1.93. The van der Waals surface area contributed by atoms with Gasteiger partial charge in [0.15, 0.2) is 0 Å². The molecule has 0 spiro atoms. The number of carbonyl (C=O) groups excluding carboxylic acids is 1. The Morgan fingerprint density at radius 3 is 2.62 bits per heavy atom. The first-order valence-electron chi connectivity index (χ1n) is 10.1. The maximum Gasteiger partial charge on any atom is 0.332 e. The van der Waals surface area contributed by atoms with Crippen LogP contribution in [0.25, 0.3) is 11.0 Å². The van der Waals surface area contributed by atoms with Crippen LogP contribution in [0.1, 0.15) is 42.2 Å². The molecule has 0 atom stereocenters. The molecule has 7 heteroatoms. The van der Waals surface area contributed by atoms with E-state index < -0.39 is 0 Å². The fourth-order valence-corrected chi connectivity index (χ4v) is 4.24. The molecule has 1 aliphatic heterocycles. The number of hydrogen-bond acceptors (Lipinski definition) is 3. The van der Waals surface area contributed by atoms with Crippen LogP contribution in [0.15, 0.2) is 39.9 Å². The number of hydrogen-bond donors (Lipinski definition) is 0. The van der Waals surface area contributed by atoms with Gasteiger partial charge in [0.25, 0.3) is 11.5 Å². The summed E-state index contributed by atoms with van der Waals surface area (Å²) in [5, 5.41) is 0.402. The van der Waals surface area contributed by atoms with Crippen molar-refractivity contribution in [2.75, 3.05) is 11.4 Å². The quantitative estimate of drug-likeness (QED) is 0.682. The summed E-state index contributed by atoms with van der Waals surface area (Å²) in [5.41, 5.74) is 2.31. The molecule has 0 bridgehead atoms. The minimum atomic E-state index is -0.388. The van der Waals surface area contributed by atoms with Crippen molar-refractivity contribution in [3.8, 4) is 0 Å². The number of aryl methyl sites for hydroxylation is 3. The SMILES string of the molecule is CCCCn1c(C(=O)N2CCCc3ccccc32)cc2c(=O)n(C)c(=O)n(C)c21. The Labute approximate surface area is 168 Å². The van der Waals surface area contributed by atoms with Crippen LogP contribution < -0.4 is 16.1 Å². The van der Waals surface area contributed by atoms with Crippen molar-refractivity contribution in [2.45, 2.75) is 39.2 Å². The first kappa shape index (κ1) is 19.2. The van der Waals surface area contributed by atoms with Gasteiger partial charge in [-0.3, -0.25) is 18.7 Å². The molecule has 0 fully saturated rings. The van der Waals surface area contributed by atoms with Crippen LogP contribution in [0, 0.1) is 0 Å². The van der Waals surface area contributed by atoms with E-state index in [1.165, 1.54) is 11.6 Å². The number of unbranched alkanes of at least 4 members (excludes halogenated alkanes) is 1. The van der Waals surface area contributed by atoms with Crippen LogP contribution in [0.2, 0.25) is 0 Å². The van der Waals surface area contributed by atoms with E-state index in [1.54, 1.807) is 18.0 Å². The van der Waals surface area contributed by atoms with Gasteiger partial charge in [0.05, 0.1) is 5.39 Å². The van der Waals surface area contributed by atoms with Crippen molar-refractivity contribution in [1.29, 1.82) is 0 Å². The molecule has 7 nitrogen and oxygen atoms in total. The van der Waals surface area contributed by atoms with Crippen molar-refractivity contribution in [2.24, 2.45) is 14.1 Å². The minimum Gasteiger partial charge on any atom is -0.322 e. The van der Waals surface area contributed by atoms with Crippen LogP contribution in [-0.2, 0) is 27.1 Å². The fourth-order valence-electron chi connectivity index (χ4n) is 4.24. The third-order valence-electron chi connectivity index (χ3n) is 5.80. The molecule has 0 aliphatic carbocycles. The Kier molecular flexibility index (Phi) is 4.90. The molecule has 0 saturated carbocycles. The molecular formula is C22H26N4O3. The van der Waals surface area contributed by atoms with E-state index in [9.17, 15) is 14.4 Å². The number of fused-ring (bicyclic) bond motifs is 2. The van der Waals surface area contributed by atoms with E-state index in [4.69, 9.17) is 0 Å². The number of rotatable bonds is 4. The monoisotopic (exact) mass is 394 g/mol. The molecule has 2 aromatic heterocycles. The zero-order valence-electron chi connectivity index (χ0n) is 17.1. The number of para-hydroxylation sites is 1. The summed E-state index contributed by atoms with van der Waals surface area (Å²) in [4.78, 5) is 40.7. The standard InChI is InChI=1S/C22H26N4O3/c1-4-5-12-25-18(14-16-19(25)23(2)22(29)24(3)20(16)27)21(28)26-13-8-10-15-9-6-7-11-17(15)26/h6-7,9,11,14H,4-5,8,10,12-13H2,1-3H3. The van der Waals surface area contributed by atoms with Gasteiger partial charge in [-0.15, -0.1) is 0 Å². The lowest BCUT2D eigenvalue weighted by atomic mass is 10.0. The highest BCUT2D eigenvalue weighted by Crippen LogP contribution is 2.29. The van der Waals surface area contributed by atoms with Crippen LogP contribution in [0.4, 0.5) is 5.69 Å². The molecule has 3 heterocycles. The summed E-state index contributed by atoms with van der Waals surface area (Å²) < 4.78 is 4.41. The highest BCUT2D eigenvalue weighted by molar-refractivity contribution is 6.08. The molecule has 0 N–H and O–H groups in total. The number of aromatic nitrogens is 3. The van der Waals surface area contributed by atoms with Gasteiger partial charge < -0.3 is 9.47 Å². The van der Waals surface area contributed by atoms with Crippen molar-refractivity contribution in [3.05, 3.63) is 62.4 Å². The van der Waals surface area contributed by atoms with Gasteiger partial charge in [0, 0.05) is 32.9 Å². The predicted molar refractivity (Wildman–Crippen MR) is 114 cm³/mol. The van der Waals surface area contributed by atoms with Gasteiger partial charge in [-0.25, -0.2) is 4.79 Å². The van der Waals surface area contributed by atoms with Crippen LogP contribution >= 0.6 is 0 Å². The van der Waals surface area contributed by atoms with Crippen LogP contribution in [0.3, 0.4) is 0 Å². The van der Waals surface area contributed by atoms with Gasteiger partial charge in [0.2, 0.25) is 0 Å². The molecular weight excluding hydrogens is 368 g/mol. The van der Waals surface area contributed by atoms with Gasteiger partial charge in [-0.2, -0.15) is 0 Å². The van der Waals surface area contributed by atoms with Crippen molar-refractivity contribution < 1.29 is 4.79 Å². The van der Waals surface area contributed by atoms with Gasteiger partial charge in [-0.05, 0) is 37.0 Å². The van der Waals surface area contributed by atoms with E-state index in [0.29, 0.717) is 29.8 Å². The summed E-state index contributed by atoms with van der Waals surface area (Å²) in [6.45, 7) is 3.30. The normalized spacial score (nSPS) is 13.7. The number of anilines is 1. The summed E-state index contributed by atoms with van der Waals surface area (Å²) in [6.07, 6.45) is 3.65. The zero-order chi connectivity index (χ0) is 20.7. The topological polar surface area (TPSA) is 69.2 Å². The molecule has 1 aliphatic rings. The highest BCUT2D eigenvalue weighted by atomic mass is 16.2. The largest absolute Gasteiger partial charge is 0.332 e. The second kappa shape index (κ2) is 7.39. The van der Waals surface area contributed by atoms with E-state index in [0.717, 1.165) is 41.5 Å². The summed E-state index contributed by atoms with van der Waals surface area (Å²) in [5.74, 6) is -0.126. The second-order valence-electron chi connectivity index (χ2n) is 7.67. The predicted octanol–water partition coefficient (Wildman–Crippen LogP) is 2.43. The Morgan fingerprint density at radius 2 is 1.86 bits per heavy atom. The molecule has 0 saturated heterocycles.